The second kappa shape index (κ2) is 13.6. The molecular formula is C55H42O. The highest BCUT2D eigenvalue weighted by molar-refractivity contribution is 6.08. The summed E-state index contributed by atoms with van der Waals surface area (Å²) >= 11 is 0. The van der Waals surface area contributed by atoms with Crippen molar-refractivity contribution in [3.8, 4) is 33.4 Å². The van der Waals surface area contributed by atoms with E-state index < -0.39 is 0 Å². The smallest absolute Gasteiger partial charge is 0.135 e. The topological polar surface area (TPSA) is 13.1 Å². The molecule has 1 unspecified atom stereocenters. The molecule has 10 rings (SSSR count). The average Bonchev–Trinajstić information content (AvgIpc) is 3.62. The van der Waals surface area contributed by atoms with Crippen LogP contribution in [0.5, 0.6) is 0 Å². The third-order valence-electron chi connectivity index (χ3n) is 11.6. The predicted molar refractivity (Wildman–Crippen MR) is 238 cm³/mol. The summed E-state index contributed by atoms with van der Waals surface area (Å²) in [6, 6.07) is 71.4. The molecule has 1 nitrogen and oxygen atoms in total. The van der Waals surface area contributed by atoms with Crippen LogP contribution in [0.3, 0.4) is 0 Å². The van der Waals surface area contributed by atoms with Gasteiger partial charge in [0.2, 0.25) is 0 Å². The number of furan rings is 1. The molecule has 0 amide bonds. The summed E-state index contributed by atoms with van der Waals surface area (Å²) < 4.78 is 6.17. The summed E-state index contributed by atoms with van der Waals surface area (Å²) in [6.07, 6.45) is 0. The van der Waals surface area contributed by atoms with Crippen LogP contribution in [0.4, 0.5) is 0 Å². The summed E-state index contributed by atoms with van der Waals surface area (Å²) in [6.45, 7) is 6.91. The van der Waals surface area contributed by atoms with E-state index in [9.17, 15) is 0 Å². The number of hydrogen-bond acceptors (Lipinski definition) is 1. The fourth-order valence-electron chi connectivity index (χ4n) is 8.72. The van der Waals surface area contributed by atoms with Gasteiger partial charge in [-0.15, -0.1) is 0 Å². The predicted octanol–water partition coefficient (Wildman–Crippen LogP) is 15.4. The fraction of sp³-hybridized carbons (Fsp3) is 0.0909. The third-order valence-corrected chi connectivity index (χ3v) is 11.6. The first kappa shape index (κ1) is 33.8. The zero-order valence-electron chi connectivity index (χ0n) is 32.0. The van der Waals surface area contributed by atoms with Crippen LogP contribution in [-0.4, -0.2) is 0 Å². The van der Waals surface area contributed by atoms with Crippen LogP contribution in [0.15, 0.2) is 199 Å². The molecule has 1 aromatic heterocycles. The van der Waals surface area contributed by atoms with Gasteiger partial charge in [-0.25, -0.2) is 0 Å². The number of benzene rings is 9. The van der Waals surface area contributed by atoms with E-state index >= 15 is 0 Å². The van der Waals surface area contributed by atoms with Crippen LogP contribution in [0.1, 0.15) is 48.9 Å². The monoisotopic (exact) mass is 718 g/mol. The second-order valence-corrected chi connectivity index (χ2v) is 16.1. The minimum Gasteiger partial charge on any atom is -0.456 e. The van der Waals surface area contributed by atoms with Crippen molar-refractivity contribution in [2.75, 3.05) is 0 Å². The molecule has 0 saturated carbocycles. The molecule has 1 heteroatoms. The van der Waals surface area contributed by atoms with E-state index in [1.165, 1.54) is 77.2 Å². The van der Waals surface area contributed by atoms with Crippen molar-refractivity contribution in [1.82, 2.24) is 0 Å². The zero-order chi connectivity index (χ0) is 37.8. The molecule has 0 bridgehead atoms. The van der Waals surface area contributed by atoms with Crippen LogP contribution in [0, 0.1) is 0 Å². The molecule has 0 aliphatic heterocycles. The van der Waals surface area contributed by atoms with Gasteiger partial charge < -0.3 is 4.42 Å². The van der Waals surface area contributed by atoms with Crippen LogP contribution in [-0.2, 0) is 5.41 Å². The minimum absolute atomic E-state index is 0.00230. The van der Waals surface area contributed by atoms with Crippen LogP contribution >= 0.6 is 0 Å². The van der Waals surface area contributed by atoms with E-state index in [1.807, 2.05) is 12.1 Å². The molecule has 0 aliphatic carbocycles. The zero-order valence-corrected chi connectivity index (χ0v) is 32.0. The Balaban J connectivity index is 1.23. The van der Waals surface area contributed by atoms with Gasteiger partial charge in [0, 0.05) is 16.7 Å². The summed E-state index contributed by atoms with van der Waals surface area (Å²) in [4.78, 5) is 0. The number of fused-ring (bicyclic) bond motifs is 5. The molecule has 1 atom stereocenters. The highest BCUT2D eigenvalue weighted by atomic mass is 16.3. The van der Waals surface area contributed by atoms with E-state index in [4.69, 9.17) is 4.42 Å². The van der Waals surface area contributed by atoms with Crippen molar-refractivity contribution < 1.29 is 4.42 Å². The van der Waals surface area contributed by atoms with Crippen molar-refractivity contribution >= 4 is 43.5 Å². The lowest BCUT2D eigenvalue weighted by molar-refractivity contribution is 0.590. The molecule has 0 radical (unpaired) electrons. The van der Waals surface area contributed by atoms with E-state index in [2.05, 4.69) is 203 Å². The fourth-order valence-corrected chi connectivity index (χ4v) is 8.72. The Bertz CT molecular complexity index is 3040. The van der Waals surface area contributed by atoms with E-state index in [0.29, 0.717) is 0 Å². The Morgan fingerprint density at radius 2 is 1.02 bits per heavy atom. The van der Waals surface area contributed by atoms with Crippen molar-refractivity contribution in [2.24, 2.45) is 0 Å². The average molecular weight is 719 g/mol. The van der Waals surface area contributed by atoms with Crippen LogP contribution < -0.4 is 0 Å². The summed E-state index contributed by atoms with van der Waals surface area (Å²) in [5.74, 6) is -0.0628. The SMILES string of the molecule is CC(C)(C)c1ccc(C(c2ccc(-c3ccc4oc5ccccc5c4c3)cc2)c2ccc3ccccc3c2-c2cccc3ccccc23)c(-c2ccccc2)c1. The first-order valence-corrected chi connectivity index (χ1v) is 19.6. The first-order chi connectivity index (χ1) is 27.4. The maximum Gasteiger partial charge on any atom is 0.135 e. The largest absolute Gasteiger partial charge is 0.456 e. The highest BCUT2D eigenvalue weighted by Gasteiger charge is 2.27. The van der Waals surface area contributed by atoms with Gasteiger partial charge in [-0.2, -0.15) is 0 Å². The van der Waals surface area contributed by atoms with E-state index in [1.54, 1.807) is 0 Å². The molecule has 9 aromatic carbocycles. The third kappa shape index (κ3) is 5.88. The lowest BCUT2D eigenvalue weighted by Crippen LogP contribution is -2.13. The van der Waals surface area contributed by atoms with Gasteiger partial charge >= 0.3 is 0 Å². The molecule has 0 spiro atoms. The molecule has 268 valence electrons. The van der Waals surface area contributed by atoms with Crippen molar-refractivity contribution in [3.05, 3.63) is 216 Å². The highest BCUT2D eigenvalue weighted by Crippen LogP contribution is 2.47. The summed E-state index contributed by atoms with van der Waals surface area (Å²) in [5, 5.41) is 7.28. The van der Waals surface area contributed by atoms with Crippen LogP contribution in [0.25, 0.3) is 76.9 Å². The summed E-state index contributed by atoms with van der Waals surface area (Å²) in [5.41, 5.74) is 14.4. The lowest BCUT2D eigenvalue weighted by atomic mass is 9.75. The molecule has 0 aliphatic rings. The molecule has 0 N–H and O–H groups in total. The van der Waals surface area contributed by atoms with Crippen molar-refractivity contribution in [1.29, 1.82) is 0 Å². The number of para-hydroxylation sites is 1. The summed E-state index contributed by atoms with van der Waals surface area (Å²) in [7, 11) is 0. The Morgan fingerprint density at radius 1 is 0.393 bits per heavy atom. The van der Waals surface area contributed by atoms with Gasteiger partial charge in [-0.3, -0.25) is 0 Å². The Labute approximate surface area is 328 Å². The Kier molecular flexibility index (Phi) is 8.19. The Hall–Kier alpha value is -6.70. The second-order valence-electron chi connectivity index (χ2n) is 16.1. The number of rotatable bonds is 6. The standard InChI is InChI=1S/C55H42O/c1-55(2,3)42-30-32-47(49(35-42)38-14-5-4-6-15-38)53(40-26-24-36(25-27-40)41-29-33-52-50(34-41)45-21-11-12-23-51(45)56-52)48-31-28-39-17-8-10-20-44(39)54(48)46-22-13-18-37-16-7-9-19-43(37)46/h4-35,53H,1-3H3. The molecule has 10 aromatic rings. The van der Waals surface area contributed by atoms with E-state index in [0.717, 1.165) is 21.9 Å². The quantitative estimate of drug-likeness (QED) is 0.156. The van der Waals surface area contributed by atoms with Gasteiger partial charge in [0.1, 0.15) is 11.2 Å². The lowest BCUT2D eigenvalue weighted by Gasteiger charge is -2.28. The molecule has 56 heavy (non-hydrogen) atoms. The maximum absolute atomic E-state index is 6.17. The first-order valence-electron chi connectivity index (χ1n) is 19.6. The van der Waals surface area contributed by atoms with Gasteiger partial charge in [0.25, 0.3) is 0 Å². The van der Waals surface area contributed by atoms with Crippen molar-refractivity contribution in [2.45, 2.75) is 32.1 Å². The minimum atomic E-state index is -0.0628. The Morgan fingerprint density at radius 3 is 1.80 bits per heavy atom. The molecule has 0 saturated heterocycles. The van der Waals surface area contributed by atoms with Crippen LogP contribution in [0.2, 0.25) is 0 Å². The molecular weight excluding hydrogens is 677 g/mol. The normalized spacial score (nSPS) is 12.5. The molecule has 1 heterocycles. The van der Waals surface area contributed by atoms with Crippen molar-refractivity contribution in [3.63, 3.8) is 0 Å². The van der Waals surface area contributed by atoms with Gasteiger partial charge in [0.05, 0.1) is 0 Å². The van der Waals surface area contributed by atoms with Gasteiger partial charge in [-0.1, -0.05) is 197 Å². The van der Waals surface area contributed by atoms with Gasteiger partial charge in [-0.05, 0) is 101 Å². The number of hydrogen-bond donors (Lipinski definition) is 0. The van der Waals surface area contributed by atoms with Gasteiger partial charge in [0.15, 0.2) is 0 Å². The van der Waals surface area contributed by atoms with E-state index in [-0.39, 0.29) is 11.3 Å². The maximum atomic E-state index is 6.17. The molecule has 0 fully saturated rings.